The summed E-state index contributed by atoms with van der Waals surface area (Å²) in [5, 5.41) is 1.64. The van der Waals surface area contributed by atoms with Gasteiger partial charge in [-0.15, -0.1) is 0 Å². The summed E-state index contributed by atoms with van der Waals surface area (Å²) in [5.41, 5.74) is 4.71. The first-order valence-corrected chi connectivity index (χ1v) is 8.59. The van der Waals surface area contributed by atoms with Crippen LogP contribution in [0, 0.1) is 0 Å². The zero-order valence-electron chi connectivity index (χ0n) is 11.0. The van der Waals surface area contributed by atoms with E-state index in [9.17, 15) is 0 Å². The molecule has 0 spiro atoms. The Balaban J connectivity index is 1.84. The quantitative estimate of drug-likeness (QED) is 0.278. The maximum Gasteiger partial charge on any atom is 0.108 e. The monoisotopic (exact) mass is 398 g/mol. The van der Waals surface area contributed by atoms with Gasteiger partial charge in [0.05, 0.1) is 0 Å². The Kier molecular flexibility index (Phi) is 6.73. The first-order chi connectivity index (χ1) is 9.85. The van der Waals surface area contributed by atoms with Crippen molar-refractivity contribution in [1.82, 2.24) is 0 Å². The van der Waals surface area contributed by atoms with Crippen molar-refractivity contribution < 1.29 is 9.78 Å². The standard InChI is InChI=1S/C16H16Br2O2/c17-9-13-5-1-3-7-15(13)11-19-20-12-16-8-4-2-6-14(16)10-18/h1-8H,9-12H2. The van der Waals surface area contributed by atoms with Crippen LogP contribution in [0.2, 0.25) is 0 Å². The van der Waals surface area contributed by atoms with E-state index in [-0.39, 0.29) is 0 Å². The lowest BCUT2D eigenvalue weighted by atomic mass is 10.1. The van der Waals surface area contributed by atoms with E-state index >= 15 is 0 Å². The number of hydrogen-bond donors (Lipinski definition) is 0. The van der Waals surface area contributed by atoms with E-state index in [1.807, 2.05) is 36.4 Å². The van der Waals surface area contributed by atoms with Crippen LogP contribution in [0.4, 0.5) is 0 Å². The van der Waals surface area contributed by atoms with Crippen LogP contribution in [0.1, 0.15) is 22.3 Å². The van der Waals surface area contributed by atoms with E-state index in [1.54, 1.807) is 0 Å². The Morgan fingerprint density at radius 3 is 1.30 bits per heavy atom. The lowest BCUT2D eigenvalue weighted by molar-refractivity contribution is -0.313. The molecule has 0 N–H and O–H groups in total. The summed E-state index contributed by atoms with van der Waals surface area (Å²) in [6.07, 6.45) is 0. The summed E-state index contributed by atoms with van der Waals surface area (Å²) >= 11 is 6.94. The van der Waals surface area contributed by atoms with Crippen LogP contribution in [0.25, 0.3) is 0 Å². The molecule has 0 atom stereocenters. The minimum Gasteiger partial charge on any atom is -0.232 e. The predicted octanol–water partition coefficient (Wildman–Crippen LogP) is 5.12. The van der Waals surface area contributed by atoms with Crippen LogP contribution in [-0.4, -0.2) is 0 Å². The number of alkyl halides is 2. The van der Waals surface area contributed by atoms with E-state index < -0.39 is 0 Å². The summed E-state index contributed by atoms with van der Waals surface area (Å²) in [7, 11) is 0. The molecule has 0 saturated carbocycles. The molecule has 2 aromatic carbocycles. The summed E-state index contributed by atoms with van der Waals surface area (Å²) in [6, 6.07) is 16.3. The lowest BCUT2D eigenvalue weighted by Crippen LogP contribution is -2.00. The maximum absolute atomic E-state index is 5.33. The lowest BCUT2D eigenvalue weighted by Gasteiger charge is -2.09. The van der Waals surface area contributed by atoms with E-state index in [0.29, 0.717) is 13.2 Å². The number of benzene rings is 2. The Morgan fingerprint density at radius 1 is 0.600 bits per heavy atom. The predicted molar refractivity (Wildman–Crippen MR) is 87.7 cm³/mol. The van der Waals surface area contributed by atoms with Gasteiger partial charge in [-0.2, -0.15) is 0 Å². The van der Waals surface area contributed by atoms with Crippen molar-refractivity contribution in [2.75, 3.05) is 0 Å². The smallest absolute Gasteiger partial charge is 0.108 e. The van der Waals surface area contributed by atoms with E-state index in [2.05, 4.69) is 44.0 Å². The minimum absolute atomic E-state index is 0.457. The fourth-order valence-electron chi connectivity index (χ4n) is 1.87. The second-order valence-electron chi connectivity index (χ2n) is 4.33. The van der Waals surface area contributed by atoms with Gasteiger partial charge in [-0.1, -0.05) is 80.4 Å². The minimum atomic E-state index is 0.457. The summed E-state index contributed by atoms with van der Waals surface area (Å²) in [4.78, 5) is 10.7. The molecule has 0 aliphatic carbocycles. The molecule has 0 saturated heterocycles. The first-order valence-electron chi connectivity index (χ1n) is 6.35. The van der Waals surface area contributed by atoms with Gasteiger partial charge in [0.25, 0.3) is 0 Å². The highest BCUT2D eigenvalue weighted by Gasteiger charge is 2.03. The van der Waals surface area contributed by atoms with Crippen molar-refractivity contribution in [3.63, 3.8) is 0 Å². The van der Waals surface area contributed by atoms with E-state index in [4.69, 9.17) is 9.78 Å². The molecule has 0 heterocycles. The van der Waals surface area contributed by atoms with Crippen LogP contribution in [0.5, 0.6) is 0 Å². The molecular weight excluding hydrogens is 384 g/mol. The van der Waals surface area contributed by atoms with Gasteiger partial charge < -0.3 is 0 Å². The Labute approximate surface area is 136 Å². The van der Waals surface area contributed by atoms with E-state index in [0.717, 1.165) is 21.8 Å². The molecule has 0 amide bonds. The topological polar surface area (TPSA) is 18.5 Å². The molecule has 0 aliphatic rings. The normalized spacial score (nSPS) is 10.7. The number of rotatable bonds is 7. The van der Waals surface area contributed by atoms with Gasteiger partial charge >= 0.3 is 0 Å². The largest absolute Gasteiger partial charge is 0.232 e. The second kappa shape index (κ2) is 8.57. The molecule has 20 heavy (non-hydrogen) atoms. The molecule has 0 unspecified atom stereocenters. The average Bonchev–Trinajstić information content (AvgIpc) is 2.52. The molecule has 4 heteroatoms. The van der Waals surface area contributed by atoms with Gasteiger partial charge in [0.15, 0.2) is 0 Å². The highest BCUT2D eigenvalue weighted by atomic mass is 79.9. The third kappa shape index (κ3) is 4.42. The summed E-state index contributed by atoms with van der Waals surface area (Å²) in [6.45, 7) is 0.913. The van der Waals surface area contributed by atoms with E-state index in [1.165, 1.54) is 11.1 Å². The van der Waals surface area contributed by atoms with Gasteiger partial charge in [-0.25, -0.2) is 9.78 Å². The third-order valence-corrected chi connectivity index (χ3v) is 4.25. The van der Waals surface area contributed by atoms with Crippen LogP contribution in [0.3, 0.4) is 0 Å². The van der Waals surface area contributed by atoms with Gasteiger partial charge in [0, 0.05) is 10.7 Å². The Bertz CT molecular complexity index is 494. The zero-order valence-corrected chi connectivity index (χ0v) is 14.2. The van der Waals surface area contributed by atoms with Crippen molar-refractivity contribution in [3.8, 4) is 0 Å². The van der Waals surface area contributed by atoms with Gasteiger partial charge in [-0.3, -0.25) is 0 Å². The fourth-order valence-corrected chi connectivity index (χ4v) is 2.96. The molecule has 2 aromatic rings. The fraction of sp³-hybridized carbons (Fsp3) is 0.250. The molecular formula is C16H16Br2O2. The van der Waals surface area contributed by atoms with Crippen LogP contribution < -0.4 is 0 Å². The van der Waals surface area contributed by atoms with Crippen LogP contribution in [-0.2, 0) is 33.6 Å². The molecule has 0 fully saturated rings. The van der Waals surface area contributed by atoms with Gasteiger partial charge in [0.1, 0.15) is 13.2 Å². The SMILES string of the molecule is BrCc1ccccc1COOCc1ccccc1CBr. The highest BCUT2D eigenvalue weighted by Crippen LogP contribution is 2.16. The Hall–Kier alpha value is -0.680. The summed E-state index contributed by atoms with van der Waals surface area (Å²) in [5.74, 6) is 0. The maximum atomic E-state index is 5.33. The molecule has 0 bridgehead atoms. The Morgan fingerprint density at radius 2 is 0.950 bits per heavy atom. The molecule has 106 valence electrons. The summed E-state index contributed by atoms with van der Waals surface area (Å²) < 4.78 is 0. The van der Waals surface area contributed by atoms with Gasteiger partial charge in [-0.05, 0) is 22.3 Å². The van der Waals surface area contributed by atoms with Crippen LogP contribution >= 0.6 is 31.9 Å². The average molecular weight is 400 g/mol. The van der Waals surface area contributed by atoms with Crippen molar-refractivity contribution in [2.24, 2.45) is 0 Å². The molecule has 0 radical (unpaired) electrons. The molecule has 0 aromatic heterocycles. The first kappa shape index (κ1) is 15.7. The van der Waals surface area contributed by atoms with Crippen molar-refractivity contribution in [1.29, 1.82) is 0 Å². The number of halogens is 2. The van der Waals surface area contributed by atoms with Crippen molar-refractivity contribution in [2.45, 2.75) is 23.9 Å². The number of hydrogen-bond acceptors (Lipinski definition) is 2. The highest BCUT2D eigenvalue weighted by molar-refractivity contribution is 9.08. The molecule has 2 rings (SSSR count). The van der Waals surface area contributed by atoms with Gasteiger partial charge in [0.2, 0.25) is 0 Å². The van der Waals surface area contributed by atoms with Crippen molar-refractivity contribution in [3.05, 3.63) is 70.8 Å². The third-order valence-electron chi connectivity index (χ3n) is 3.04. The van der Waals surface area contributed by atoms with Crippen LogP contribution in [0.15, 0.2) is 48.5 Å². The second-order valence-corrected chi connectivity index (χ2v) is 5.45. The molecule has 2 nitrogen and oxygen atoms in total. The zero-order chi connectivity index (χ0) is 14.2. The molecule has 0 aliphatic heterocycles. The van der Waals surface area contributed by atoms with Crippen molar-refractivity contribution >= 4 is 31.9 Å².